The Labute approximate surface area is 529 Å². The molecular weight excluding hydrogens is 1190 g/mol. The van der Waals surface area contributed by atoms with Gasteiger partial charge in [-0.1, -0.05) is 0 Å². The highest BCUT2D eigenvalue weighted by Gasteiger charge is 2.32. The molecule has 0 atom stereocenters. The molecule has 0 radical (unpaired) electrons. The molecule has 27 nitrogen and oxygen atoms in total. The van der Waals surface area contributed by atoms with E-state index in [-0.39, 0.29) is 103 Å². The summed E-state index contributed by atoms with van der Waals surface area (Å²) in [6.07, 6.45) is 7.05. The van der Waals surface area contributed by atoms with Gasteiger partial charge in [0.15, 0.2) is 17.3 Å². The van der Waals surface area contributed by atoms with E-state index in [0.717, 1.165) is 48.9 Å². The molecular formula is C66H57N15O12. The van der Waals surface area contributed by atoms with Crippen LogP contribution in [0, 0.1) is 0 Å². The van der Waals surface area contributed by atoms with Gasteiger partial charge in [-0.25, -0.2) is 32.6 Å². The summed E-state index contributed by atoms with van der Waals surface area (Å²) in [5.41, 5.74) is 1.92. The average Bonchev–Trinajstić information content (AvgIpc) is 1.21. The zero-order chi connectivity index (χ0) is 65.9. The molecule has 9 aromatic carbocycles. The van der Waals surface area contributed by atoms with Crippen molar-refractivity contribution in [2.24, 2.45) is 17.5 Å². The van der Waals surface area contributed by atoms with Crippen LogP contribution in [-0.2, 0) is 0 Å². The summed E-state index contributed by atoms with van der Waals surface area (Å²) < 4.78 is 0. The van der Waals surface area contributed by atoms with Crippen molar-refractivity contribution in [1.82, 2.24) is 30.3 Å². The Morgan fingerprint density at radius 2 is 0.409 bits per heavy atom. The van der Waals surface area contributed by atoms with Gasteiger partial charge < -0.3 is 46.0 Å². The molecule has 0 aliphatic rings. The second-order valence-electron chi connectivity index (χ2n) is 19.9. The molecule has 468 valence electrons. The molecule has 10 rings (SSSR count). The van der Waals surface area contributed by atoms with Crippen LogP contribution in [0.15, 0.2) is 255 Å². The van der Waals surface area contributed by atoms with Gasteiger partial charge in [0.05, 0.1) is 52.7 Å². The van der Waals surface area contributed by atoms with E-state index in [1.165, 1.54) is 252 Å². The SMILES string of the molecule is NN(c1nc(N(N)N(/C=C/C(=O)c2ccc(O)cc2)N(c2ccc(O)cc2)c2ccc(O)cc2)nc(N(N)N(/C=C/C(=O)c2ccc(O)cc2)N(c2ccc(O)cc2)c2ccc(O)cc2)n1)N(/C=C/C(=O)c1ccc(O)cc1)N(c1ccc(O)cc1)c1ccc(O)cc1. The number of benzene rings is 9. The summed E-state index contributed by atoms with van der Waals surface area (Å²) >= 11 is 0. The smallest absolute Gasteiger partial charge is 0.268 e. The lowest BCUT2D eigenvalue weighted by Crippen LogP contribution is -2.56. The van der Waals surface area contributed by atoms with Crippen LogP contribution in [0.5, 0.6) is 51.7 Å². The number of aromatic nitrogens is 3. The zero-order valence-electron chi connectivity index (χ0n) is 48.6. The molecule has 0 amide bonds. The van der Waals surface area contributed by atoms with E-state index in [1.807, 2.05) is 0 Å². The Morgan fingerprint density at radius 3 is 0.570 bits per heavy atom. The molecule has 1 heterocycles. The lowest BCUT2D eigenvalue weighted by Gasteiger charge is -2.42. The van der Waals surface area contributed by atoms with Crippen LogP contribution in [0.3, 0.4) is 0 Å². The minimum absolute atomic E-state index is 0.111. The van der Waals surface area contributed by atoms with Crippen molar-refractivity contribution >= 4 is 69.3 Å². The number of aromatic hydroxyl groups is 9. The first-order valence-electron chi connectivity index (χ1n) is 27.7. The number of phenols is 9. The number of ketones is 3. The van der Waals surface area contributed by atoms with Crippen molar-refractivity contribution < 1.29 is 60.3 Å². The lowest BCUT2D eigenvalue weighted by molar-refractivity contribution is 0.103. The van der Waals surface area contributed by atoms with Crippen LogP contribution in [0.1, 0.15) is 31.1 Å². The van der Waals surface area contributed by atoms with E-state index in [9.17, 15) is 60.3 Å². The van der Waals surface area contributed by atoms with Gasteiger partial charge in [0, 0.05) is 34.9 Å². The Morgan fingerprint density at radius 1 is 0.258 bits per heavy atom. The fourth-order valence-electron chi connectivity index (χ4n) is 8.92. The Hall–Kier alpha value is -13.5. The molecule has 0 saturated carbocycles. The first kappa shape index (κ1) is 62.5. The van der Waals surface area contributed by atoms with Crippen LogP contribution in [0.2, 0.25) is 0 Å². The van der Waals surface area contributed by atoms with Gasteiger partial charge in [0.25, 0.3) is 17.8 Å². The summed E-state index contributed by atoms with van der Waals surface area (Å²) in [6, 6.07) is 50.7. The Balaban J connectivity index is 1.24. The zero-order valence-corrected chi connectivity index (χ0v) is 48.6. The second kappa shape index (κ2) is 27.7. The standard InChI is InChI=1S/C66H57N15O12/c67-79(73(40-37-61(91)43-1-19-52(82)20-2-43)76(46-7-25-55(85)26-8-46)47-9-27-56(86)28-10-47)64-70-65(80(68)74(41-38-62(92)44-3-21-53(83)22-4-44)77(48-11-29-57(87)30-12-48)49-13-31-58(88)32-14-49)72-66(71-64)81(69)75(42-39-63(93)45-5-23-54(84)24-6-45)78(50-15-33-59(89)34-16-50)51-17-35-60(90)36-18-51/h1-42,82-90H,67-69H2/b40-37+,41-38+,42-39+. The number of anilines is 9. The summed E-state index contributed by atoms with van der Waals surface area (Å²) in [5, 5.41) is 104. The predicted octanol–water partition coefficient (Wildman–Crippen LogP) is 9.36. The first-order valence-corrected chi connectivity index (χ1v) is 27.7. The first-order chi connectivity index (χ1) is 44.8. The number of hydrazine groups is 9. The molecule has 0 aliphatic carbocycles. The number of phenolic OH excluding ortho intramolecular Hbond substituents is 9. The number of rotatable bonds is 24. The number of nitrogens with zero attached hydrogens (tertiary/aromatic N) is 12. The number of hydrogen-bond donors (Lipinski definition) is 12. The van der Waals surface area contributed by atoms with E-state index in [4.69, 9.17) is 32.5 Å². The van der Waals surface area contributed by atoms with Gasteiger partial charge in [0.1, 0.15) is 51.7 Å². The van der Waals surface area contributed by atoms with E-state index in [0.29, 0.717) is 0 Å². The summed E-state index contributed by atoms with van der Waals surface area (Å²) in [6.45, 7) is 0. The maximum absolute atomic E-state index is 14.2. The molecule has 27 heteroatoms. The van der Waals surface area contributed by atoms with Gasteiger partial charge in [-0.3, -0.25) is 14.4 Å². The minimum atomic E-state index is -0.608. The minimum Gasteiger partial charge on any atom is -0.508 e. The maximum atomic E-state index is 14.2. The van der Waals surface area contributed by atoms with Gasteiger partial charge >= 0.3 is 0 Å². The van der Waals surface area contributed by atoms with Crippen molar-refractivity contribution in [3.8, 4) is 51.7 Å². The molecule has 0 bridgehead atoms. The third-order valence-electron chi connectivity index (χ3n) is 13.6. The van der Waals surface area contributed by atoms with E-state index >= 15 is 0 Å². The fraction of sp³-hybridized carbons (Fsp3) is 0. The van der Waals surface area contributed by atoms with Gasteiger partial charge in [-0.15, -0.1) is 0 Å². The number of carbonyl (C=O) groups is 3. The lowest BCUT2D eigenvalue weighted by atomic mass is 10.1. The summed E-state index contributed by atoms with van der Waals surface area (Å²) in [5.74, 6) is 17.4. The monoisotopic (exact) mass is 1250 g/mol. The van der Waals surface area contributed by atoms with Crippen molar-refractivity contribution in [3.05, 3.63) is 272 Å². The molecule has 0 fully saturated rings. The van der Waals surface area contributed by atoms with Crippen LogP contribution >= 0.6 is 0 Å². The van der Waals surface area contributed by atoms with Crippen LogP contribution in [-0.4, -0.2) is 93.6 Å². The largest absolute Gasteiger partial charge is 0.508 e. The third-order valence-corrected chi connectivity index (χ3v) is 13.6. The van der Waals surface area contributed by atoms with Crippen molar-refractivity contribution in [2.75, 3.05) is 30.4 Å². The normalized spacial score (nSPS) is 11.1. The molecule has 0 spiro atoms. The predicted molar refractivity (Wildman–Crippen MR) is 345 cm³/mol. The highest BCUT2D eigenvalue weighted by molar-refractivity contribution is 6.05. The van der Waals surface area contributed by atoms with E-state index in [1.54, 1.807) is 0 Å². The van der Waals surface area contributed by atoms with Crippen molar-refractivity contribution in [1.29, 1.82) is 0 Å². The van der Waals surface area contributed by atoms with E-state index in [2.05, 4.69) is 0 Å². The van der Waals surface area contributed by atoms with Crippen molar-refractivity contribution in [3.63, 3.8) is 0 Å². The summed E-state index contributed by atoms with van der Waals surface area (Å²) in [4.78, 5) is 57.0. The quantitative estimate of drug-likeness (QED) is 0.0116. The van der Waals surface area contributed by atoms with Crippen LogP contribution < -0.4 is 47.9 Å². The molecule has 10 aromatic rings. The molecule has 0 aliphatic heterocycles. The second-order valence-corrected chi connectivity index (χ2v) is 19.9. The number of carbonyl (C=O) groups excluding carboxylic acids is 3. The van der Waals surface area contributed by atoms with Crippen LogP contribution in [0.4, 0.5) is 52.0 Å². The van der Waals surface area contributed by atoms with Gasteiger partial charge in [-0.2, -0.15) is 45.7 Å². The van der Waals surface area contributed by atoms with Crippen molar-refractivity contribution in [2.45, 2.75) is 0 Å². The number of allylic oxidation sites excluding steroid dienone is 3. The van der Waals surface area contributed by atoms with Gasteiger partial charge in [-0.05, 0) is 218 Å². The fourth-order valence-corrected chi connectivity index (χ4v) is 8.92. The molecule has 0 saturated heterocycles. The third kappa shape index (κ3) is 14.9. The number of hydrogen-bond acceptors (Lipinski definition) is 27. The average molecular weight is 1250 g/mol. The summed E-state index contributed by atoms with van der Waals surface area (Å²) in [7, 11) is 0. The highest BCUT2D eigenvalue weighted by Crippen LogP contribution is 2.37. The molecule has 15 N–H and O–H groups in total. The Bertz CT molecular complexity index is 3740. The maximum Gasteiger partial charge on any atom is 0.268 e. The molecule has 0 unspecified atom stereocenters. The molecule has 1 aromatic heterocycles. The highest BCUT2D eigenvalue weighted by atomic mass is 16.3. The van der Waals surface area contributed by atoms with E-state index < -0.39 is 35.2 Å². The molecule has 93 heavy (non-hydrogen) atoms. The number of nitrogens with two attached hydrogens (primary N) is 3. The van der Waals surface area contributed by atoms with Gasteiger partial charge in [0.2, 0.25) is 0 Å². The topological polar surface area (TPSA) is 379 Å². The Kier molecular flexibility index (Phi) is 18.6. The van der Waals surface area contributed by atoms with Crippen LogP contribution in [0.25, 0.3) is 0 Å².